The zero-order chi connectivity index (χ0) is 19.0. The second kappa shape index (κ2) is 6.70. The maximum absolute atomic E-state index is 12.7. The van der Waals surface area contributed by atoms with Crippen molar-refractivity contribution in [2.24, 2.45) is 0 Å². The molecule has 0 bridgehead atoms. The highest BCUT2D eigenvalue weighted by molar-refractivity contribution is 6.35. The summed E-state index contributed by atoms with van der Waals surface area (Å²) in [5.74, 6) is -1.40. The van der Waals surface area contributed by atoms with Gasteiger partial charge in [0.2, 0.25) is 0 Å². The molecule has 1 aliphatic rings. The molecule has 3 aromatic carbocycles. The third-order valence-corrected chi connectivity index (χ3v) is 4.43. The van der Waals surface area contributed by atoms with E-state index in [0.29, 0.717) is 21.7 Å². The molecule has 0 spiro atoms. The minimum Gasteiger partial charge on any atom is -0.421 e. The van der Waals surface area contributed by atoms with Crippen molar-refractivity contribution >= 4 is 35.1 Å². The molecule has 4 rings (SSSR count). The average Bonchev–Trinajstić information content (AvgIpc) is 2.94. The van der Waals surface area contributed by atoms with E-state index >= 15 is 0 Å². The Morgan fingerprint density at radius 3 is 1.96 bits per heavy atom. The molecule has 0 aromatic heterocycles. The van der Waals surface area contributed by atoms with Crippen LogP contribution in [0.3, 0.4) is 0 Å². The number of carbonyl (C=O) groups excluding carboxylic acids is 3. The van der Waals surface area contributed by atoms with E-state index in [2.05, 4.69) is 0 Å². The molecule has 1 aliphatic heterocycles. The van der Waals surface area contributed by atoms with Crippen LogP contribution >= 0.6 is 11.6 Å². The first-order valence-corrected chi connectivity index (χ1v) is 8.48. The van der Waals surface area contributed by atoms with E-state index in [-0.39, 0.29) is 11.4 Å². The number of amides is 2. The van der Waals surface area contributed by atoms with Crippen LogP contribution in [-0.4, -0.2) is 17.8 Å². The monoisotopic (exact) mass is 377 g/mol. The van der Waals surface area contributed by atoms with Gasteiger partial charge in [0.1, 0.15) is 0 Å². The molecular formula is C21H12ClNO4. The number of hydrogen-bond donors (Lipinski definition) is 0. The van der Waals surface area contributed by atoms with E-state index < -0.39 is 17.8 Å². The Bertz CT molecular complexity index is 1040. The number of esters is 1. The molecule has 1 heterocycles. The van der Waals surface area contributed by atoms with Crippen molar-refractivity contribution in [2.45, 2.75) is 0 Å². The number of benzene rings is 3. The first-order chi connectivity index (χ1) is 13.1. The highest BCUT2D eigenvalue weighted by Gasteiger charge is 2.37. The Kier molecular flexibility index (Phi) is 4.22. The normalized spacial score (nSPS) is 12.9. The van der Waals surface area contributed by atoms with Gasteiger partial charge in [0, 0.05) is 5.02 Å². The number of anilines is 1. The van der Waals surface area contributed by atoms with E-state index in [1.54, 1.807) is 54.6 Å². The number of nitrogens with zero attached hydrogens (tertiary/aromatic N) is 1. The molecule has 5 nitrogen and oxygen atoms in total. The van der Waals surface area contributed by atoms with E-state index in [1.807, 2.05) is 0 Å². The first-order valence-electron chi connectivity index (χ1n) is 8.11. The fourth-order valence-electron chi connectivity index (χ4n) is 2.88. The van der Waals surface area contributed by atoms with Crippen molar-refractivity contribution in [2.75, 3.05) is 4.90 Å². The molecule has 0 saturated heterocycles. The molecule has 132 valence electrons. The Morgan fingerprint density at radius 1 is 0.778 bits per heavy atom. The molecule has 0 radical (unpaired) electrons. The molecule has 6 heteroatoms. The average molecular weight is 378 g/mol. The molecule has 0 atom stereocenters. The van der Waals surface area contributed by atoms with Crippen molar-refractivity contribution in [3.8, 4) is 5.75 Å². The Hall–Kier alpha value is -3.44. The topological polar surface area (TPSA) is 63.7 Å². The molecular weight excluding hydrogens is 366 g/mol. The second-order valence-electron chi connectivity index (χ2n) is 5.86. The summed E-state index contributed by atoms with van der Waals surface area (Å²) in [5, 5.41) is 0.498. The van der Waals surface area contributed by atoms with E-state index in [0.717, 1.165) is 4.90 Å². The van der Waals surface area contributed by atoms with Gasteiger partial charge in [-0.3, -0.25) is 9.59 Å². The Morgan fingerprint density at radius 2 is 1.33 bits per heavy atom. The predicted molar refractivity (Wildman–Crippen MR) is 100 cm³/mol. The second-order valence-corrected chi connectivity index (χ2v) is 6.29. The third kappa shape index (κ3) is 2.98. The van der Waals surface area contributed by atoms with Crippen LogP contribution in [0.4, 0.5) is 5.69 Å². The zero-order valence-electron chi connectivity index (χ0n) is 13.9. The fourth-order valence-corrected chi connectivity index (χ4v) is 3.01. The lowest BCUT2D eigenvalue weighted by molar-refractivity contribution is 0.0731. The lowest BCUT2D eigenvalue weighted by Crippen LogP contribution is -2.30. The van der Waals surface area contributed by atoms with Crippen LogP contribution in [0, 0.1) is 0 Å². The van der Waals surface area contributed by atoms with Gasteiger partial charge in [-0.25, -0.2) is 9.69 Å². The number of halogens is 1. The maximum atomic E-state index is 12.7. The molecule has 0 saturated carbocycles. The SMILES string of the molecule is O=C(Oc1ccccc1N1C(=O)c2ccccc2C1=O)c1ccc(Cl)cc1. The van der Waals surface area contributed by atoms with Crippen LogP contribution in [0.2, 0.25) is 5.02 Å². The standard InChI is InChI=1S/C21H12ClNO4/c22-14-11-9-13(10-12-14)21(26)27-18-8-4-3-7-17(18)23-19(24)15-5-1-2-6-16(15)20(23)25/h1-12H. The predicted octanol–water partition coefficient (Wildman–Crippen LogP) is 4.36. The summed E-state index contributed by atoms with van der Waals surface area (Å²) in [6.45, 7) is 0. The number of carbonyl (C=O) groups is 3. The van der Waals surface area contributed by atoms with Crippen LogP contribution in [0.1, 0.15) is 31.1 Å². The zero-order valence-corrected chi connectivity index (χ0v) is 14.6. The van der Waals surface area contributed by atoms with Gasteiger partial charge in [-0.05, 0) is 48.5 Å². The van der Waals surface area contributed by atoms with Crippen molar-refractivity contribution < 1.29 is 19.1 Å². The number of para-hydroxylation sites is 2. The van der Waals surface area contributed by atoms with Crippen LogP contribution in [0.5, 0.6) is 5.75 Å². The smallest absolute Gasteiger partial charge is 0.343 e. The van der Waals surface area contributed by atoms with Gasteiger partial charge in [-0.1, -0.05) is 35.9 Å². The van der Waals surface area contributed by atoms with Gasteiger partial charge in [0.15, 0.2) is 5.75 Å². The first kappa shape index (κ1) is 17.0. The summed E-state index contributed by atoms with van der Waals surface area (Å²) in [5.41, 5.74) is 1.16. The number of fused-ring (bicyclic) bond motifs is 1. The van der Waals surface area contributed by atoms with Gasteiger partial charge >= 0.3 is 5.97 Å². The number of ether oxygens (including phenoxy) is 1. The highest BCUT2D eigenvalue weighted by atomic mass is 35.5. The minimum atomic E-state index is -0.615. The molecule has 27 heavy (non-hydrogen) atoms. The number of imide groups is 1. The highest BCUT2D eigenvalue weighted by Crippen LogP contribution is 2.35. The van der Waals surface area contributed by atoms with Gasteiger partial charge < -0.3 is 4.74 Å². The summed E-state index contributed by atoms with van der Waals surface area (Å²) in [6.07, 6.45) is 0. The van der Waals surface area contributed by atoms with E-state index in [9.17, 15) is 14.4 Å². The lowest BCUT2D eigenvalue weighted by atomic mass is 10.1. The van der Waals surface area contributed by atoms with Gasteiger partial charge in [-0.15, -0.1) is 0 Å². The molecule has 3 aromatic rings. The molecule has 2 amide bonds. The number of rotatable bonds is 3. The van der Waals surface area contributed by atoms with Crippen molar-refractivity contribution in [1.82, 2.24) is 0 Å². The molecule has 0 fully saturated rings. The van der Waals surface area contributed by atoms with Gasteiger partial charge in [-0.2, -0.15) is 0 Å². The summed E-state index contributed by atoms with van der Waals surface area (Å²) >= 11 is 5.83. The van der Waals surface area contributed by atoms with Crippen LogP contribution < -0.4 is 9.64 Å². The summed E-state index contributed by atoms with van der Waals surface area (Å²) in [7, 11) is 0. The van der Waals surface area contributed by atoms with Crippen LogP contribution in [0.15, 0.2) is 72.8 Å². The van der Waals surface area contributed by atoms with Gasteiger partial charge in [0.05, 0.1) is 22.4 Å². The Labute approximate surface area is 159 Å². The third-order valence-electron chi connectivity index (χ3n) is 4.18. The van der Waals surface area contributed by atoms with Gasteiger partial charge in [0.25, 0.3) is 11.8 Å². The molecule has 0 aliphatic carbocycles. The van der Waals surface area contributed by atoms with Crippen molar-refractivity contribution in [1.29, 1.82) is 0 Å². The van der Waals surface area contributed by atoms with Crippen LogP contribution in [0.25, 0.3) is 0 Å². The molecule has 0 N–H and O–H groups in total. The maximum Gasteiger partial charge on any atom is 0.343 e. The largest absolute Gasteiger partial charge is 0.421 e. The quantitative estimate of drug-likeness (QED) is 0.386. The minimum absolute atomic E-state index is 0.118. The summed E-state index contributed by atoms with van der Waals surface area (Å²) < 4.78 is 5.45. The number of hydrogen-bond acceptors (Lipinski definition) is 4. The summed E-state index contributed by atoms with van der Waals surface area (Å²) in [4.78, 5) is 38.8. The van der Waals surface area contributed by atoms with Crippen molar-refractivity contribution in [3.05, 3.63) is 94.5 Å². The Balaban J connectivity index is 1.68. The summed E-state index contributed by atoms with van der Waals surface area (Å²) in [6, 6.07) is 19.2. The van der Waals surface area contributed by atoms with Crippen molar-refractivity contribution in [3.63, 3.8) is 0 Å². The fraction of sp³-hybridized carbons (Fsp3) is 0. The van der Waals surface area contributed by atoms with E-state index in [4.69, 9.17) is 16.3 Å². The van der Waals surface area contributed by atoms with Crippen LogP contribution in [-0.2, 0) is 0 Å². The molecule has 0 unspecified atom stereocenters. The van der Waals surface area contributed by atoms with E-state index in [1.165, 1.54) is 18.2 Å². The lowest BCUT2D eigenvalue weighted by Gasteiger charge is -2.17.